The topological polar surface area (TPSA) is 54.9 Å². The van der Waals surface area contributed by atoms with Gasteiger partial charge in [-0.05, 0) is 24.3 Å². The number of hydrogen-bond acceptors (Lipinski definition) is 3. The number of halogens is 1. The van der Waals surface area contributed by atoms with Crippen LogP contribution in [0.3, 0.4) is 0 Å². The van der Waals surface area contributed by atoms with E-state index in [0.29, 0.717) is 11.3 Å². The minimum absolute atomic E-state index is 0.281. The molecule has 20 heavy (non-hydrogen) atoms. The van der Waals surface area contributed by atoms with Gasteiger partial charge in [-0.15, -0.1) is 0 Å². The second-order valence-corrected chi connectivity index (χ2v) is 4.20. The second kappa shape index (κ2) is 5.05. The molecule has 0 aliphatic carbocycles. The lowest BCUT2D eigenvalue weighted by molar-refractivity contribution is 0.102. The molecule has 0 fully saturated rings. The fourth-order valence-corrected chi connectivity index (χ4v) is 1.94. The molecule has 0 radical (unpaired) electrons. The highest BCUT2D eigenvalue weighted by molar-refractivity contribution is 6.12. The van der Waals surface area contributed by atoms with Crippen LogP contribution in [0, 0.1) is 5.95 Å². The van der Waals surface area contributed by atoms with Crippen molar-refractivity contribution in [3.63, 3.8) is 0 Å². The molecule has 98 valence electrons. The number of nitrogens with one attached hydrogen (secondary N) is 1. The van der Waals surface area contributed by atoms with Crippen molar-refractivity contribution in [3.05, 3.63) is 66.4 Å². The van der Waals surface area contributed by atoms with Crippen molar-refractivity contribution in [3.8, 4) is 0 Å². The summed E-state index contributed by atoms with van der Waals surface area (Å²) in [4.78, 5) is 19.9. The van der Waals surface area contributed by atoms with Crippen molar-refractivity contribution < 1.29 is 9.18 Å². The molecule has 1 aromatic carbocycles. The molecule has 1 N–H and O–H groups in total. The summed E-state index contributed by atoms with van der Waals surface area (Å²) < 4.78 is 12.7. The fourth-order valence-electron chi connectivity index (χ4n) is 1.94. The average molecular weight is 267 g/mol. The van der Waals surface area contributed by atoms with Gasteiger partial charge in [0.05, 0.1) is 23.0 Å². The summed E-state index contributed by atoms with van der Waals surface area (Å²) in [5, 5.41) is 3.45. The summed E-state index contributed by atoms with van der Waals surface area (Å²) in [6.07, 6.45) is 2.86. The van der Waals surface area contributed by atoms with E-state index in [-0.39, 0.29) is 5.91 Å². The summed E-state index contributed by atoms with van der Waals surface area (Å²) in [6.45, 7) is 0. The van der Waals surface area contributed by atoms with Gasteiger partial charge in [-0.1, -0.05) is 18.2 Å². The Hall–Kier alpha value is -2.82. The van der Waals surface area contributed by atoms with Gasteiger partial charge in [0.25, 0.3) is 5.91 Å². The monoisotopic (exact) mass is 267 g/mol. The van der Waals surface area contributed by atoms with Gasteiger partial charge in [0, 0.05) is 11.6 Å². The molecule has 0 spiro atoms. The van der Waals surface area contributed by atoms with Gasteiger partial charge in [-0.25, -0.2) is 4.98 Å². The van der Waals surface area contributed by atoms with Gasteiger partial charge in [0.1, 0.15) is 0 Å². The maximum Gasteiger partial charge on any atom is 0.256 e. The molecule has 0 saturated heterocycles. The highest BCUT2D eigenvalue weighted by atomic mass is 19.1. The van der Waals surface area contributed by atoms with E-state index >= 15 is 0 Å². The maximum absolute atomic E-state index is 12.7. The van der Waals surface area contributed by atoms with Gasteiger partial charge in [-0.2, -0.15) is 4.39 Å². The largest absolute Gasteiger partial charge is 0.321 e. The molecule has 1 amide bonds. The van der Waals surface area contributed by atoms with Crippen LogP contribution in [0.1, 0.15) is 10.4 Å². The predicted molar refractivity (Wildman–Crippen MR) is 73.9 cm³/mol. The number of hydrogen-bond donors (Lipinski definition) is 1. The van der Waals surface area contributed by atoms with Crippen LogP contribution in [0.25, 0.3) is 10.9 Å². The van der Waals surface area contributed by atoms with Crippen LogP contribution in [-0.2, 0) is 0 Å². The smallest absolute Gasteiger partial charge is 0.256 e. The van der Waals surface area contributed by atoms with Gasteiger partial charge in [-0.3, -0.25) is 9.78 Å². The zero-order valence-corrected chi connectivity index (χ0v) is 10.4. The van der Waals surface area contributed by atoms with E-state index in [2.05, 4.69) is 15.3 Å². The van der Waals surface area contributed by atoms with Crippen molar-refractivity contribution in [2.45, 2.75) is 0 Å². The van der Waals surface area contributed by atoms with E-state index in [1.54, 1.807) is 12.3 Å². The minimum atomic E-state index is -0.586. The standard InChI is InChI=1S/C15H10FN3O/c16-14-6-5-10(9-18-14)19-15(20)12-7-8-17-13-4-2-1-3-11(12)13/h1-9H,(H,19,20). The highest BCUT2D eigenvalue weighted by Gasteiger charge is 2.10. The van der Waals surface area contributed by atoms with Crippen molar-refractivity contribution in [2.75, 3.05) is 5.32 Å². The lowest BCUT2D eigenvalue weighted by Gasteiger charge is -2.07. The number of carbonyl (C=O) groups is 1. The molecule has 2 aromatic heterocycles. The summed E-state index contributed by atoms with van der Waals surface area (Å²) in [5.41, 5.74) is 1.70. The first-order valence-electron chi connectivity index (χ1n) is 6.01. The third-order valence-corrected chi connectivity index (χ3v) is 2.88. The number of benzene rings is 1. The van der Waals surface area contributed by atoms with Gasteiger partial charge < -0.3 is 5.32 Å². The zero-order chi connectivity index (χ0) is 13.9. The molecule has 0 bridgehead atoms. The van der Waals surface area contributed by atoms with E-state index in [9.17, 15) is 9.18 Å². The number of nitrogens with zero attached hydrogens (tertiary/aromatic N) is 2. The molecule has 0 aliphatic rings. The van der Waals surface area contributed by atoms with Gasteiger partial charge >= 0.3 is 0 Å². The molecule has 0 atom stereocenters. The van der Waals surface area contributed by atoms with E-state index in [4.69, 9.17) is 0 Å². The lowest BCUT2D eigenvalue weighted by Crippen LogP contribution is -2.12. The third kappa shape index (κ3) is 2.33. The Morgan fingerprint density at radius 2 is 1.90 bits per heavy atom. The molecule has 0 saturated carbocycles. The Kier molecular flexibility index (Phi) is 3.09. The number of fused-ring (bicyclic) bond motifs is 1. The molecule has 0 unspecified atom stereocenters. The van der Waals surface area contributed by atoms with Crippen LogP contribution in [0.4, 0.5) is 10.1 Å². The van der Waals surface area contributed by atoms with Crippen LogP contribution < -0.4 is 5.32 Å². The number of para-hydroxylation sites is 1. The number of aromatic nitrogens is 2. The molecule has 4 nitrogen and oxygen atoms in total. The van der Waals surface area contributed by atoms with Gasteiger partial charge in [0.2, 0.25) is 5.95 Å². The number of rotatable bonds is 2. The maximum atomic E-state index is 12.7. The van der Waals surface area contributed by atoms with Gasteiger partial charge in [0.15, 0.2) is 0 Å². The quantitative estimate of drug-likeness (QED) is 0.726. The SMILES string of the molecule is O=C(Nc1ccc(F)nc1)c1ccnc2ccccc12. The number of pyridine rings is 2. The first-order valence-corrected chi connectivity index (χ1v) is 6.01. The Balaban J connectivity index is 1.94. The second-order valence-electron chi connectivity index (χ2n) is 4.20. The van der Waals surface area contributed by atoms with Crippen LogP contribution in [0.2, 0.25) is 0 Å². The highest BCUT2D eigenvalue weighted by Crippen LogP contribution is 2.17. The molecular formula is C15H10FN3O. The van der Waals surface area contributed by atoms with E-state index < -0.39 is 5.95 Å². The number of carbonyl (C=O) groups excluding carboxylic acids is 1. The number of anilines is 1. The lowest BCUT2D eigenvalue weighted by atomic mass is 10.1. The molecule has 5 heteroatoms. The van der Waals surface area contributed by atoms with Crippen LogP contribution in [-0.4, -0.2) is 15.9 Å². The Labute approximate surface area is 114 Å². The van der Waals surface area contributed by atoms with Crippen LogP contribution in [0.15, 0.2) is 54.9 Å². The molecule has 3 aromatic rings. The van der Waals surface area contributed by atoms with E-state index in [1.165, 1.54) is 18.3 Å². The molecule has 3 rings (SSSR count). The van der Waals surface area contributed by atoms with Crippen molar-refractivity contribution >= 4 is 22.5 Å². The summed E-state index contributed by atoms with van der Waals surface area (Å²) in [5.74, 6) is -0.866. The Morgan fingerprint density at radius 3 is 2.70 bits per heavy atom. The first-order chi connectivity index (χ1) is 9.74. The fraction of sp³-hybridized carbons (Fsp3) is 0. The van der Waals surface area contributed by atoms with Crippen molar-refractivity contribution in [1.82, 2.24) is 9.97 Å². The van der Waals surface area contributed by atoms with Crippen molar-refractivity contribution in [2.24, 2.45) is 0 Å². The summed E-state index contributed by atoms with van der Waals surface area (Å²) in [7, 11) is 0. The van der Waals surface area contributed by atoms with Crippen molar-refractivity contribution in [1.29, 1.82) is 0 Å². The Bertz CT molecular complexity index is 766. The molecular weight excluding hydrogens is 257 g/mol. The normalized spacial score (nSPS) is 10.4. The minimum Gasteiger partial charge on any atom is -0.321 e. The number of amides is 1. The summed E-state index contributed by atoms with van der Waals surface area (Å²) in [6, 6.07) is 11.7. The summed E-state index contributed by atoms with van der Waals surface area (Å²) >= 11 is 0. The Morgan fingerprint density at radius 1 is 1.05 bits per heavy atom. The van der Waals surface area contributed by atoms with E-state index in [1.807, 2.05) is 24.3 Å². The molecule has 0 aliphatic heterocycles. The third-order valence-electron chi connectivity index (χ3n) is 2.88. The average Bonchev–Trinajstić information content (AvgIpc) is 2.49. The predicted octanol–water partition coefficient (Wildman–Crippen LogP) is 3.02. The van der Waals surface area contributed by atoms with E-state index in [0.717, 1.165) is 10.9 Å². The molecule has 2 heterocycles. The zero-order valence-electron chi connectivity index (χ0n) is 10.4. The first kappa shape index (κ1) is 12.2. The van der Waals surface area contributed by atoms with Crippen LogP contribution in [0.5, 0.6) is 0 Å². The van der Waals surface area contributed by atoms with Crippen LogP contribution >= 0.6 is 0 Å².